The Hall–Kier alpha value is -5.82. The number of amidine groups is 2. The lowest BCUT2D eigenvalue weighted by Gasteiger charge is -2.26. The maximum absolute atomic E-state index is 6.52. The van der Waals surface area contributed by atoms with Crippen molar-refractivity contribution in [2.24, 2.45) is 9.98 Å². The number of fused-ring (bicyclic) bond motifs is 9. The maximum atomic E-state index is 6.52. The zero-order valence-corrected chi connectivity index (χ0v) is 29.0. The molecule has 0 radical (unpaired) electrons. The van der Waals surface area contributed by atoms with Gasteiger partial charge in [-0.25, -0.2) is 9.98 Å². The van der Waals surface area contributed by atoms with Gasteiger partial charge in [-0.3, -0.25) is 0 Å². The molecule has 51 heavy (non-hydrogen) atoms. The summed E-state index contributed by atoms with van der Waals surface area (Å²) in [6.07, 6.45) is 8.34. The predicted molar refractivity (Wildman–Crippen MR) is 218 cm³/mol. The molecule has 1 atom stereocenters. The Morgan fingerprint density at radius 2 is 1.31 bits per heavy atom. The molecule has 1 N–H and O–H groups in total. The molecule has 3 aromatic heterocycles. The third-order valence-electron chi connectivity index (χ3n) is 10.2. The topological polar surface area (TPSA) is 49.9 Å². The van der Waals surface area contributed by atoms with E-state index in [1.165, 1.54) is 57.0 Å². The minimum absolute atomic E-state index is 0.208. The molecule has 0 fully saturated rings. The van der Waals surface area contributed by atoms with E-state index >= 15 is 0 Å². The van der Waals surface area contributed by atoms with E-state index in [4.69, 9.17) is 14.4 Å². The first kappa shape index (κ1) is 29.0. The van der Waals surface area contributed by atoms with Crippen LogP contribution in [0.25, 0.3) is 73.4 Å². The molecule has 2 aliphatic rings. The van der Waals surface area contributed by atoms with Crippen molar-refractivity contribution in [3.63, 3.8) is 0 Å². The van der Waals surface area contributed by atoms with E-state index in [-0.39, 0.29) is 6.17 Å². The smallest absolute Gasteiger partial charge is 0.160 e. The van der Waals surface area contributed by atoms with Gasteiger partial charge in [-0.2, -0.15) is 0 Å². The van der Waals surface area contributed by atoms with Crippen LogP contribution in [0.4, 0.5) is 0 Å². The van der Waals surface area contributed by atoms with Gasteiger partial charge >= 0.3 is 0 Å². The molecule has 0 saturated heterocycles. The summed E-state index contributed by atoms with van der Waals surface area (Å²) in [7, 11) is 0. The molecule has 4 nitrogen and oxygen atoms in total. The first-order valence-electron chi connectivity index (χ1n) is 17.3. The van der Waals surface area contributed by atoms with E-state index in [2.05, 4.69) is 145 Å². The van der Waals surface area contributed by atoms with Crippen LogP contribution in [0.15, 0.2) is 160 Å². The normalized spacial score (nSPS) is 16.3. The number of aliphatic imine (C=N–C) groups is 2. The van der Waals surface area contributed by atoms with Gasteiger partial charge in [0.1, 0.15) is 23.2 Å². The minimum atomic E-state index is -0.208. The summed E-state index contributed by atoms with van der Waals surface area (Å²) in [4.78, 5) is 10.6. The Morgan fingerprint density at radius 3 is 2.08 bits per heavy atom. The van der Waals surface area contributed by atoms with Crippen molar-refractivity contribution in [3.8, 4) is 11.1 Å². The van der Waals surface area contributed by atoms with Crippen LogP contribution in [0, 0.1) is 0 Å². The second-order valence-corrected chi connectivity index (χ2v) is 15.3. The second-order valence-electron chi connectivity index (χ2n) is 13.2. The largest absolute Gasteiger partial charge is 0.456 e. The van der Waals surface area contributed by atoms with Crippen LogP contribution in [0.2, 0.25) is 0 Å². The van der Waals surface area contributed by atoms with E-state index in [1.807, 2.05) is 22.7 Å². The number of nitrogens with zero attached hydrogens (tertiary/aromatic N) is 2. The Kier molecular flexibility index (Phi) is 6.45. The molecule has 0 spiro atoms. The molecule has 1 unspecified atom stereocenters. The number of allylic oxidation sites excluding steroid dienone is 3. The lowest BCUT2D eigenvalue weighted by molar-refractivity contribution is 0.668. The average molecular weight is 692 g/mol. The highest BCUT2D eigenvalue weighted by atomic mass is 32.1. The third kappa shape index (κ3) is 4.57. The third-order valence-corrected chi connectivity index (χ3v) is 12.7. The second kappa shape index (κ2) is 11.4. The molecule has 9 aromatic rings. The van der Waals surface area contributed by atoms with Crippen LogP contribution < -0.4 is 5.32 Å². The standard InChI is InChI=1S/C45H29N3OS2/c1-2-11-26(12-3-1)43-46-44(48-45(47-43)34-19-9-17-32-29-14-5-7-22-39(29)51-42(32)34)27-23-24-36-35(25-27)40-30(15-10-20-37(40)49-36)33-18-8-16-31-28-13-4-6-21-38(28)50-41(31)33/h1-2,4-11,13-25,43H,3,12H2,(H,46,47,48). The Bertz CT molecular complexity index is 3020. The number of furan rings is 1. The molecule has 6 aromatic carbocycles. The van der Waals surface area contributed by atoms with Crippen molar-refractivity contribution in [2.45, 2.75) is 19.0 Å². The van der Waals surface area contributed by atoms with Crippen molar-refractivity contribution in [1.82, 2.24) is 5.32 Å². The summed E-state index contributed by atoms with van der Waals surface area (Å²) < 4.78 is 11.6. The van der Waals surface area contributed by atoms with Crippen LogP contribution >= 0.6 is 22.7 Å². The van der Waals surface area contributed by atoms with Crippen molar-refractivity contribution in [3.05, 3.63) is 156 Å². The number of hydrogen-bond donors (Lipinski definition) is 1. The van der Waals surface area contributed by atoms with Gasteiger partial charge in [-0.05, 0) is 66.4 Å². The summed E-state index contributed by atoms with van der Waals surface area (Å²) in [6.45, 7) is 0. The molecule has 0 saturated carbocycles. The van der Waals surface area contributed by atoms with E-state index in [1.54, 1.807) is 0 Å². The van der Waals surface area contributed by atoms with E-state index < -0.39 is 0 Å². The highest BCUT2D eigenvalue weighted by molar-refractivity contribution is 7.26. The number of thiophene rings is 2. The molecule has 11 rings (SSSR count). The van der Waals surface area contributed by atoms with Gasteiger partial charge in [0.15, 0.2) is 5.84 Å². The highest BCUT2D eigenvalue weighted by Gasteiger charge is 2.25. The van der Waals surface area contributed by atoms with Crippen LogP contribution in [0.5, 0.6) is 0 Å². The SMILES string of the molecule is C1=CCCC(C2N=C(c3cccc4c3sc3ccccc34)N=C(c3ccc4oc5cccc(-c6cccc7c6sc6ccccc67)c5c4c3)N2)=C1. The van der Waals surface area contributed by atoms with E-state index in [9.17, 15) is 0 Å². The van der Waals surface area contributed by atoms with Crippen LogP contribution in [0.3, 0.4) is 0 Å². The fraction of sp³-hybridized carbons (Fsp3) is 0.0667. The van der Waals surface area contributed by atoms with Crippen molar-refractivity contribution < 1.29 is 4.42 Å². The van der Waals surface area contributed by atoms with Gasteiger partial charge in [-0.15, -0.1) is 22.7 Å². The number of nitrogens with one attached hydrogen (secondary N) is 1. The first-order chi connectivity index (χ1) is 25.3. The number of hydrogen-bond acceptors (Lipinski definition) is 6. The van der Waals surface area contributed by atoms with Crippen LogP contribution in [0.1, 0.15) is 24.0 Å². The monoisotopic (exact) mass is 691 g/mol. The summed E-state index contributed by atoms with van der Waals surface area (Å²) in [5.41, 5.74) is 7.48. The van der Waals surface area contributed by atoms with Crippen molar-refractivity contribution >= 4 is 96.6 Å². The summed E-state index contributed by atoms with van der Waals surface area (Å²) in [6, 6.07) is 43.4. The molecule has 1 aliphatic carbocycles. The summed E-state index contributed by atoms with van der Waals surface area (Å²) >= 11 is 3.67. The van der Waals surface area contributed by atoms with Gasteiger partial charge in [0.05, 0.1) is 0 Å². The average Bonchev–Trinajstić information content (AvgIpc) is 3.89. The molecule has 242 valence electrons. The van der Waals surface area contributed by atoms with Crippen LogP contribution in [-0.4, -0.2) is 17.8 Å². The molecular weight excluding hydrogens is 663 g/mol. The van der Waals surface area contributed by atoms with Gasteiger partial charge in [0.2, 0.25) is 0 Å². The molecule has 0 amide bonds. The van der Waals surface area contributed by atoms with Gasteiger partial charge in [0.25, 0.3) is 0 Å². The molecule has 6 heteroatoms. The zero-order chi connectivity index (χ0) is 33.5. The lowest BCUT2D eigenvalue weighted by atomic mass is 9.97. The van der Waals surface area contributed by atoms with Gasteiger partial charge in [-0.1, -0.05) is 97.1 Å². The van der Waals surface area contributed by atoms with E-state index in [0.29, 0.717) is 0 Å². The molecular formula is C45H29N3OS2. The zero-order valence-electron chi connectivity index (χ0n) is 27.4. The summed E-state index contributed by atoms with van der Waals surface area (Å²) in [5, 5.41) is 11.0. The predicted octanol–water partition coefficient (Wildman–Crippen LogP) is 12.4. The number of benzene rings is 6. The highest BCUT2D eigenvalue weighted by Crippen LogP contribution is 2.44. The first-order valence-corrected chi connectivity index (χ1v) is 19.0. The van der Waals surface area contributed by atoms with Crippen molar-refractivity contribution in [2.75, 3.05) is 0 Å². The Balaban J connectivity index is 1.10. The fourth-order valence-corrected chi connectivity index (χ4v) is 10.3. The molecule has 4 heterocycles. The Morgan fingerprint density at radius 1 is 0.627 bits per heavy atom. The van der Waals surface area contributed by atoms with E-state index in [0.717, 1.165) is 57.6 Å². The Labute approximate surface area is 301 Å². The maximum Gasteiger partial charge on any atom is 0.160 e. The summed E-state index contributed by atoms with van der Waals surface area (Å²) in [5.74, 6) is 1.58. The minimum Gasteiger partial charge on any atom is -0.456 e. The quantitative estimate of drug-likeness (QED) is 0.200. The van der Waals surface area contributed by atoms with Crippen LogP contribution in [-0.2, 0) is 0 Å². The van der Waals surface area contributed by atoms with Gasteiger partial charge in [0, 0.05) is 67.8 Å². The number of rotatable bonds is 4. The lowest BCUT2D eigenvalue weighted by Crippen LogP contribution is -2.40. The van der Waals surface area contributed by atoms with Gasteiger partial charge < -0.3 is 9.73 Å². The molecule has 1 aliphatic heterocycles. The van der Waals surface area contributed by atoms with Crippen molar-refractivity contribution in [1.29, 1.82) is 0 Å². The fourth-order valence-electron chi connectivity index (χ4n) is 7.83. The molecule has 0 bridgehead atoms.